The van der Waals surface area contributed by atoms with Crippen molar-refractivity contribution in [1.29, 1.82) is 0 Å². The number of hydrogen-bond acceptors (Lipinski definition) is 5. The van der Waals surface area contributed by atoms with Crippen LogP contribution in [0.25, 0.3) is 10.2 Å². The highest BCUT2D eigenvalue weighted by molar-refractivity contribution is 9.10. The first-order valence-electron chi connectivity index (χ1n) is 8.78. The Morgan fingerprint density at radius 1 is 1.18 bits per heavy atom. The molecule has 0 aliphatic heterocycles. The summed E-state index contributed by atoms with van der Waals surface area (Å²) in [6.45, 7) is 2.95. The van der Waals surface area contributed by atoms with E-state index in [1.165, 1.54) is 11.3 Å². The van der Waals surface area contributed by atoms with E-state index in [2.05, 4.69) is 20.9 Å². The SMILES string of the molecule is CCOc1ccc2nc(N(Cc3ccccc3)C(=O)c3ccc(Br)o3)sc2c1. The number of anilines is 1. The van der Waals surface area contributed by atoms with Gasteiger partial charge in [-0.3, -0.25) is 9.69 Å². The van der Waals surface area contributed by atoms with Crippen LogP contribution in [0.15, 0.2) is 69.8 Å². The van der Waals surface area contributed by atoms with Gasteiger partial charge in [-0.1, -0.05) is 41.7 Å². The summed E-state index contributed by atoms with van der Waals surface area (Å²) in [5.41, 5.74) is 1.84. The zero-order valence-electron chi connectivity index (χ0n) is 15.1. The number of carbonyl (C=O) groups is 1. The molecule has 0 N–H and O–H groups in total. The van der Waals surface area contributed by atoms with Crippen molar-refractivity contribution in [3.63, 3.8) is 0 Å². The standard InChI is InChI=1S/C21H17BrN2O3S/c1-2-26-15-8-9-16-18(12-15)28-21(23-16)24(13-14-6-4-3-5-7-14)20(25)17-10-11-19(22)27-17/h3-12H,2,13H2,1H3. The lowest BCUT2D eigenvalue weighted by atomic mass is 10.2. The van der Waals surface area contributed by atoms with Crippen LogP contribution in [0.2, 0.25) is 0 Å². The summed E-state index contributed by atoms with van der Waals surface area (Å²) in [6.07, 6.45) is 0. The summed E-state index contributed by atoms with van der Waals surface area (Å²) in [5, 5.41) is 0.616. The molecule has 0 saturated carbocycles. The third-order valence-electron chi connectivity index (χ3n) is 4.10. The predicted octanol–water partition coefficient (Wildman–Crippen LogP) is 5.90. The number of nitrogens with zero attached hydrogens (tertiary/aromatic N) is 2. The lowest BCUT2D eigenvalue weighted by Gasteiger charge is -2.18. The average molecular weight is 457 g/mol. The molecule has 0 aliphatic rings. The second kappa shape index (κ2) is 8.16. The van der Waals surface area contributed by atoms with Gasteiger partial charge in [0.1, 0.15) is 5.75 Å². The second-order valence-electron chi connectivity index (χ2n) is 6.04. The first-order chi connectivity index (χ1) is 13.6. The van der Waals surface area contributed by atoms with Gasteiger partial charge in [0.05, 0.1) is 23.4 Å². The number of ether oxygens (including phenoxy) is 1. The topological polar surface area (TPSA) is 55.6 Å². The molecule has 4 aromatic rings. The maximum atomic E-state index is 13.2. The van der Waals surface area contributed by atoms with E-state index in [1.807, 2.05) is 55.5 Å². The van der Waals surface area contributed by atoms with Crippen LogP contribution < -0.4 is 9.64 Å². The predicted molar refractivity (Wildman–Crippen MR) is 114 cm³/mol. The maximum absolute atomic E-state index is 13.2. The number of furan rings is 1. The van der Waals surface area contributed by atoms with Crippen LogP contribution in [-0.2, 0) is 6.54 Å². The quantitative estimate of drug-likeness (QED) is 0.362. The van der Waals surface area contributed by atoms with Crippen LogP contribution in [0, 0.1) is 0 Å². The average Bonchev–Trinajstić information content (AvgIpc) is 3.32. The molecular weight excluding hydrogens is 440 g/mol. The Bertz CT molecular complexity index is 1110. The molecule has 0 spiro atoms. The summed E-state index contributed by atoms with van der Waals surface area (Å²) >= 11 is 4.71. The zero-order valence-corrected chi connectivity index (χ0v) is 17.5. The van der Waals surface area contributed by atoms with Crippen LogP contribution in [0.4, 0.5) is 5.13 Å². The summed E-state index contributed by atoms with van der Waals surface area (Å²) in [6, 6.07) is 18.9. The highest BCUT2D eigenvalue weighted by Crippen LogP contribution is 2.33. The Kier molecular flexibility index (Phi) is 5.45. The van der Waals surface area contributed by atoms with Gasteiger partial charge in [0.25, 0.3) is 5.91 Å². The number of rotatable bonds is 6. The van der Waals surface area contributed by atoms with Crippen molar-refractivity contribution in [2.24, 2.45) is 0 Å². The third-order valence-corrected chi connectivity index (χ3v) is 5.57. The van der Waals surface area contributed by atoms with Gasteiger partial charge < -0.3 is 9.15 Å². The molecule has 0 bridgehead atoms. The van der Waals surface area contributed by atoms with Crippen LogP contribution in [0.1, 0.15) is 23.0 Å². The minimum atomic E-state index is -0.237. The fraction of sp³-hybridized carbons (Fsp3) is 0.143. The third kappa shape index (κ3) is 3.95. The molecule has 1 amide bonds. The molecular formula is C21H17BrN2O3S. The van der Waals surface area contributed by atoms with E-state index in [4.69, 9.17) is 9.15 Å². The van der Waals surface area contributed by atoms with E-state index in [-0.39, 0.29) is 11.7 Å². The lowest BCUT2D eigenvalue weighted by Crippen LogP contribution is -2.30. The molecule has 0 fully saturated rings. The summed E-state index contributed by atoms with van der Waals surface area (Å²) in [4.78, 5) is 19.5. The minimum Gasteiger partial charge on any atom is -0.494 e. The monoisotopic (exact) mass is 456 g/mol. The van der Waals surface area contributed by atoms with Crippen LogP contribution >= 0.6 is 27.3 Å². The molecule has 7 heteroatoms. The molecule has 0 unspecified atom stereocenters. The largest absolute Gasteiger partial charge is 0.494 e. The number of fused-ring (bicyclic) bond motifs is 1. The van der Waals surface area contributed by atoms with E-state index in [0.29, 0.717) is 23.0 Å². The number of benzene rings is 2. The number of amides is 1. The van der Waals surface area contributed by atoms with E-state index in [0.717, 1.165) is 21.5 Å². The van der Waals surface area contributed by atoms with Crippen LogP contribution in [0.3, 0.4) is 0 Å². The summed E-state index contributed by atoms with van der Waals surface area (Å²) < 4.78 is 12.6. The van der Waals surface area contributed by atoms with E-state index in [1.54, 1.807) is 17.0 Å². The van der Waals surface area contributed by atoms with Gasteiger partial charge >= 0.3 is 0 Å². The molecule has 142 valence electrons. The second-order valence-corrected chi connectivity index (χ2v) is 7.83. The van der Waals surface area contributed by atoms with Crippen molar-refractivity contribution in [2.45, 2.75) is 13.5 Å². The molecule has 5 nitrogen and oxygen atoms in total. The van der Waals surface area contributed by atoms with Crippen molar-refractivity contribution in [2.75, 3.05) is 11.5 Å². The Balaban J connectivity index is 1.73. The highest BCUT2D eigenvalue weighted by Gasteiger charge is 2.24. The molecule has 0 atom stereocenters. The smallest absolute Gasteiger partial charge is 0.296 e. The van der Waals surface area contributed by atoms with E-state index in [9.17, 15) is 4.79 Å². The summed E-state index contributed by atoms with van der Waals surface area (Å²) in [5.74, 6) is 0.816. The van der Waals surface area contributed by atoms with Gasteiger partial charge in [-0.05, 0) is 58.7 Å². The van der Waals surface area contributed by atoms with Gasteiger partial charge in [-0.25, -0.2) is 4.98 Å². The molecule has 2 heterocycles. The highest BCUT2D eigenvalue weighted by atomic mass is 79.9. The maximum Gasteiger partial charge on any atom is 0.296 e. The van der Waals surface area contributed by atoms with Gasteiger partial charge in [0.15, 0.2) is 15.6 Å². The first kappa shape index (κ1) is 18.7. The Hall–Kier alpha value is -2.64. The zero-order chi connectivity index (χ0) is 19.5. The molecule has 0 saturated heterocycles. The van der Waals surface area contributed by atoms with Crippen molar-refractivity contribution in [3.05, 3.63) is 76.7 Å². The fourth-order valence-electron chi connectivity index (χ4n) is 2.82. The van der Waals surface area contributed by atoms with E-state index >= 15 is 0 Å². The number of thiazole rings is 1. The molecule has 0 aliphatic carbocycles. The van der Waals surface area contributed by atoms with Crippen LogP contribution in [0.5, 0.6) is 5.75 Å². The van der Waals surface area contributed by atoms with Gasteiger partial charge in [0, 0.05) is 0 Å². The lowest BCUT2D eigenvalue weighted by molar-refractivity contribution is 0.0957. The van der Waals surface area contributed by atoms with Crippen molar-refractivity contribution in [1.82, 2.24) is 4.98 Å². The molecule has 0 radical (unpaired) electrons. The Labute approximate surface area is 174 Å². The van der Waals surface area contributed by atoms with Crippen molar-refractivity contribution in [3.8, 4) is 5.75 Å². The molecule has 4 rings (SSSR count). The molecule has 2 aromatic heterocycles. The number of halogens is 1. The number of hydrogen-bond donors (Lipinski definition) is 0. The molecule has 2 aromatic carbocycles. The molecule has 28 heavy (non-hydrogen) atoms. The number of aromatic nitrogens is 1. The minimum absolute atomic E-state index is 0.237. The van der Waals surface area contributed by atoms with Crippen LogP contribution in [-0.4, -0.2) is 17.5 Å². The van der Waals surface area contributed by atoms with Gasteiger partial charge in [-0.2, -0.15) is 0 Å². The van der Waals surface area contributed by atoms with Gasteiger partial charge in [-0.15, -0.1) is 0 Å². The Morgan fingerprint density at radius 2 is 2.00 bits per heavy atom. The van der Waals surface area contributed by atoms with Gasteiger partial charge in [0.2, 0.25) is 0 Å². The van der Waals surface area contributed by atoms with Crippen molar-refractivity contribution < 1.29 is 13.9 Å². The van der Waals surface area contributed by atoms with E-state index < -0.39 is 0 Å². The van der Waals surface area contributed by atoms with Crippen molar-refractivity contribution >= 4 is 48.5 Å². The normalized spacial score (nSPS) is 10.9. The first-order valence-corrected chi connectivity index (χ1v) is 10.4. The Morgan fingerprint density at radius 3 is 2.71 bits per heavy atom. The fourth-order valence-corrected chi connectivity index (χ4v) is 4.12. The number of carbonyl (C=O) groups excluding carboxylic acids is 1. The summed E-state index contributed by atoms with van der Waals surface area (Å²) in [7, 11) is 0.